The molecule has 11 nitrogen and oxygen atoms in total. The number of aromatic nitrogens is 2. The van der Waals surface area contributed by atoms with Crippen LogP contribution in [0.4, 0.5) is 0 Å². The van der Waals surface area contributed by atoms with E-state index in [0.29, 0.717) is 0 Å². The Morgan fingerprint density at radius 2 is 1.91 bits per heavy atom. The Balaban J connectivity index is 2.18. The Morgan fingerprint density at radius 3 is 2.49 bits per heavy atom. The number of nitrogens with zero attached hydrogens (tertiary/aromatic N) is 1. The summed E-state index contributed by atoms with van der Waals surface area (Å²) in [5.41, 5.74) is -1.22. The molecule has 0 saturated heterocycles. The topological polar surface area (TPSA) is 138 Å². The van der Waals surface area contributed by atoms with Crippen LogP contribution in [0.15, 0.2) is 64.8 Å². The molecule has 0 aliphatic rings. The summed E-state index contributed by atoms with van der Waals surface area (Å²) in [5, 5.41) is 2.54. The molecule has 1 aromatic carbocycles. The van der Waals surface area contributed by atoms with Crippen LogP contribution in [-0.4, -0.2) is 46.3 Å². The van der Waals surface area contributed by atoms with E-state index in [9.17, 15) is 18.9 Å². The average molecular weight is 530 g/mol. The maximum absolute atomic E-state index is 13.6. The van der Waals surface area contributed by atoms with E-state index >= 15 is 0 Å². The summed E-state index contributed by atoms with van der Waals surface area (Å²) in [6, 6.07) is 8.19. The van der Waals surface area contributed by atoms with Crippen LogP contribution < -0.4 is 20.9 Å². The molecule has 192 valence electrons. The number of hydrogen-bond acceptors (Lipinski definition) is 8. The summed E-state index contributed by atoms with van der Waals surface area (Å²) in [5.74, 6) is -0.583. The van der Waals surface area contributed by atoms with Gasteiger partial charge in [0.15, 0.2) is 0 Å². The Labute approximate surface area is 207 Å². The monoisotopic (exact) mass is 529 g/mol. The van der Waals surface area contributed by atoms with Crippen LogP contribution in [0, 0.1) is 0 Å². The van der Waals surface area contributed by atoms with Gasteiger partial charge >= 0.3 is 19.4 Å². The molecule has 2 N–H and O–H groups in total. The van der Waals surface area contributed by atoms with E-state index in [2.05, 4.69) is 16.7 Å². The molecule has 0 unspecified atom stereocenters. The minimum Gasteiger partial charge on any atom is -0.462 e. The third-order valence-electron chi connectivity index (χ3n) is 4.34. The highest BCUT2D eigenvalue weighted by molar-refractivity contribution is 7.52. The number of hydrogen-bond donors (Lipinski definition) is 2. The van der Waals surface area contributed by atoms with E-state index < -0.39 is 49.4 Å². The fourth-order valence-corrected chi connectivity index (χ4v) is 4.40. The molecule has 0 radical (unpaired) electrons. The highest BCUT2D eigenvalue weighted by atomic mass is 35.5. The molecule has 2 aromatic rings. The van der Waals surface area contributed by atoms with Gasteiger partial charge in [0, 0.05) is 12.3 Å². The maximum Gasteiger partial charge on any atom is 0.459 e. The smallest absolute Gasteiger partial charge is 0.459 e. The molecule has 4 atom stereocenters. The van der Waals surface area contributed by atoms with Crippen molar-refractivity contribution in [3.05, 3.63) is 76.1 Å². The molecule has 0 spiro atoms. The lowest BCUT2D eigenvalue weighted by molar-refractivity contribution is -0.148. The van der Waals surface area contributed by atoms with Crippen LogP contribution in [0.5, 0.6) is 5.75 Å². The second-order valence-electron chi connectivity index (χ2n) is 7.55. The van der Waals surface area contributed by atoms with E-state index in [0.717, 1.165) is 4.57 Å². The number of esters is 1. The Bertz CT molecular complexity index is 1140. The van der Waals surface area contributed by atoms with Gasteiger partial charge in [0.25, 0.3) is 5.56 Å². The van der Waals surface area contributed by atoms with Crippen molar-refractivity contribution in [3.63, 3.8) is 0 Å². The number of carbonyl (C=O) groups excluding carboxylic acids is 1. The van der Waals surface area contributed by atoms with Crippen molar-refractivity contribution in [2.24, 2.45) is 0 Å². The highest BCUT2D eigenvalue weighted by Crippen LogP contribution is 2.45. The van der Waals surface area contributed by atoms with E-state index in [1.54, 1.807) is 51.1 Å². The number of alkyl halides is 1. The van der Waals surface area contributed by atoms with Crippen LogP contribution in [0.1, 0.15) is 27.0 Å². The van der Waals surface area contributed by atoms with Crippen LogP contribution in [-0.2, 0) is 23.4 Å². The zero-order valence-electron chi connectivity index (χ0n) is 19.6. The first-order chi connectivity index (χ1) is 16.6. The number of rotatable bonds is 14. The first-order valence-electron chi connectivity index (χ1n) is 10.7. The van der Waals surface area contributed by atoms with E-state index in [4.69, 9.17) is 30.1 Å². The van der Waals surface area contributed by atoms with Gasteiger partial charge in [-0.1, -0.05) is 24.3 Å². The normalized spacial score (nSPS) is 15.6. The van der Waals surface area contributed by atoms with Crippen molar-refractivity contribution in [2.75, 3.05) is 12.5 Å². The molecule has 0 fully saturated rings. The van der Waals surface area contributed by atoms with Gasteiger partial charge < -0.3 is 14.0 Å². The molecule has 35 heavy (non-hydrogen) atoms. The standard InChI is InChI=1S/C22H29ClN3O8P/c1-5-19(21(28)32-15(2)3)25-35(30,34-17-9-7-6-8-10-17)31-14-18(13-23)33-16(4)26-12-11-20(27)24-22(26)29/h5-12,15-16,18-19H,1,13-14H2,2-4H3,(H,25,30)(H,24,27,29)/t16-,18+,19+,35-/m1/s1. The van der Waals surface area contributed by atoms with Gasteiger partial charge in [-0.25, -0.2) is 14.2 Å². The quantitative estimate of drug-likeness (QED) is 0.164. The molecule has 13 heteroatoms. The Kier molecular flexibility index (Phi) is 10.9. The van der Waals surface area contributed by atoms with Crippen molar-refractivity contribution in [1.82, 2.24) is 14.6 Å². The Morgan fingerprint density at radius 1 is 1.23 bits per heavy atom. The van der Waals surface area contributed by atoms with E-state index in [-0.39, 0.29) is 18.2 Å². The summed E-state index contributed by atoms with van der Waals surface area (Å²) in [4.78, 5) is 37.8. The molecule has 1 aromatic heterocycles. The third-order valence-corrected chi connectivity index (χ3v) is 6.22. The number of H-pyrrole nitrogens is 1. The fraction of sp³-hybridized carbons (Fsp3) is 0.409. The minimum atomic E-state index is -4.19. The van der Waals surface area contributed by atoms with Gasteiger partial charge in [-0.3, -0.25) is 18.9 Å². The number of carbonyl (C=O) groups is 1. The molecule has 0 amide bonds. The number of nitrogens with one attached hydrogen (secondary N) is 2. The summed E-state index contributed by atoms with van der Waals surface area (Å²) in [7, 11) is -4.19. The van der Waals surface area contributed by atoms with Crippen molar-refractivity contribution in [2.45, 2.75) is 45.2 Å². The molecule has 0 aliphatic heterocycles. The molecule has 1 heterocycles. The first-order valence-corrected chi connectivity index (χ1v) is 12.8. The van der Waals surface area contributed by atoms with Crippen molar-refractivity contribution < 1.29 is 27.9 Å². The number of ether oxygens (including phenoxy) is 2. The summed E-state index contributed by atoms with van der Waals surface area (Å²) >= 11 is 6.00. The van der Waals surface area contributed by atoms with Gasteiger partial charge in [-0.05, 0) is 32.9 Å². The number of aromatic amines is 1. The molecular formula is C22H29ClN3O8P. The predicted molar refractivity (Wildman–Crippen MR) is 131 cm³/mol. The van der Waals surface area contributed by atoms with Crippen molar-refractivity contribution in [3.8, 4) is 5.75 Å². The van der Waals surface area contributed by atoms with Gasteiger partial charge in [0.05, 0.1) is 24.7 Å². The average Bonchev–Trinajstić information content (AvgIpc) is 2.80. The lowest BCUT2D eigenvalue weighted by Crippen LogP contribution is -2.38. The predicted octanol–water partition coefficient (Wildman–Crippen LogP) is 2.98. The molecule has 0 aliphatic carbocycles. The SMILES string of the molecule is C=C[C@H](N[P@@](=O)(OC[C@H](CCl)O[C@H](C)n1ccc(=O)[nH]c1=O)Oc1ccccc1)C(=O)OC(C)C. The lowest BCUT2D eigenvalue weighted by atomic mass is 10.3. The molecule has 0 saturated carbocycles. The van der Waals surface area contributed by atoms with Gasteiger partial charge in [0.1, 0.15) is 18.0 Å². The van der Waals surface area contributed by atoms with Crippen LogP contribution in [0.3, 0.4) is 0 Å². The lowest BCUT2D eigenvalue weighted by Gasteiger charge is -2.26. The largest absolute Gasteiger partial charge is 0.462 e. The van der Waals surface area contributed by atoms with Crippen molar-refractivity contribution in [1.29, 1.82) is 0 Å². The summed E-state index contributed by atoms with van der Waals surface area (Å²) < 4.78 is 36.8. The van der Waals surface area contributed by atoms with Crippen molar-refractivity contribution >= 4 is 25.3 Å². The molecular weight excluding hydrogens is 501 g/mol. The summed E-state index contributed by atoms with van der Waals surface area (Å²) in [6.07, 6.45) is 0.405. The van der Waals surface area contributed by atoms with Gasteiger partial charge in [-0.2, -0.15) is 5.09 Å². The second-order valence-corrected chi connectivity index (χ2v) is 9.56. The second kappa shape index (κ2) is 13.4. The summed E-state index contributed by atoms with van der Waals surface area (Å²) in [6.45, 7) is 8.16. The molecule has 2 rings (SSSR count). The zero-order valence-corrected chi connectivity index (χ0v) is 21.2. The van der Waals surface area contributed by atoms with Gasteiger partial charge in [0.2, 0.25) is 0 Å². The van der Waals surface area contributed by atoms with Gasteiger partial charge in [-0.15, -0.1) is 18.2 Å². The zero-order chi connectivity index (χ0) is 26.0. The highest BCUT2D eigenvalue weighted by Gasteiger charge is 2.34. The first kappa shape index (κ1) is 28.5. The maximum atomic E-state index is 13.6. The number of benzene rings is 1. The third kappa shape index (κ3) is 9.12. The number of halogens is 1. The fourth-order valence-electron chi connectivity index (χ4n) is 2.75. The van der Waals surface area contributed by atoms with Crippen LogP contribution in [0.2, 0.25) is 0 Å². The molecule has 0 bridgehead atoms. The van der Waals surface area contributed by atoms with Crippen LogP contribution in [0.25, 0.3) is 0 Å². The van der Waals surface area contributed by atoms with E-state index in [1.807, 2.05) is 0 Å². The van der Waals surface area contributed by atoms with Crippen LogP contribution >= 0.6 is 19.3 Å². The van der Waals surface area contributed by atoms with E-state index in [1.165, 1.54) is 18.3 Å². The minimum absolute atomic E-state index is 0.0892. The number of para-hydroxylation sites is 1. The Hall–Kier alpha value is -2.69.